The fourth-order valence-electron chi connectivity index (χ4n) is 8.37. The quantitative estimate of drug-likeness (QED) is 0.344. The number of hydrogen-bond acceptors (Lipinski definition) is 7. The van der Waals surface area contributed by atoms with Gasteiger partial charge in [-0.1, -0.05) is 27.7 Å². The van der Waals surface area contributed by atoms with Gasteiger partial charge in [-0.15, -0.1) is 0 Å². The lowest BCUT2D eigenvalue weighted by Gasteiger charge is -2.60. The molecule has 7 heteroatoms. The van der Waals surface area contributed by atoms with Crippen LogP contribution in [0.4, 0.5) is 0 Å². The molecular weight excluding hydrogens is 448 g/mol. The standard InChI is InChI=1S/C28H46O7/c1-15(2)26(5,33)14-23(32)27(6,34)22-8-10-28(35)17-11-19(29)18-12-20(30)21(31)13-24(18,3)16(17)7-9-25(22,28)4/h11,15-16,18,20-23,30-35H,7-10,12-14H2,1-6H3/t16-,18-,20+,21-,22+,23+,24+,25+,26+,27+,28+/m0/s1. The van der Waals surface area contributed by atoms with Gasteiger partial charge in [-0.3, -0.25) is 4.79 Å². The van der Waals surface area contributed by atoms with Gasteiger partial charge in [-0.05, 0) is 87.2 Å². The summed E-state index contributed by atoms with van der Waals surface area (Å²) in [6, 6.07) is 0. The average Bonchev–Trinajstić information content (AvgIpc) is 3.02. The third kappa shape index (κ3) is 3.79. The van der Waals surface area contributed by atoms with Crippen molar-refractivity contribution in [2.24, 2.45) is 34.5 Å². The molecule has 0 amide bonds. The number of fused-ring (bicyclic) bond motifs is 5. The molecule has 4 aliphatic rings. The normalized spacial score (nSPS) is 47.7. The van der Waals surface area contributed by atoms with Crippen LogP contribution >= 0.6 is 0 Å². The summed E-state index contributed by atoms with van der Waals surface area (Å²) in [5.74, 6) is -1.12. The second kappa shape index (κ2) is 8.34. The minimum atomic E-state index is -1.54. The van der Waals surface area contributed by atoms with Crippen molar-refractivity contribution >= 4 is 5.78 Å². The van der Waals surface area contributed by atoms with Crippen LogP contribution in [0.3, 0.4) is 0 Å². The summed E-state index contributed by atoms with van der Waals surface area (Å²) >= 11 is 0. The Balaban J connectivity index is 1.68. The lowest BCUT2D eigenvalue weighted by atomic mass is 9.45. The molecule has 0 radical (unpaired) electrons. The molecule has 3 fully saturated rings. The van der Waals surface area contributed by atoms with E-state index in [0.29, 0.717) is 37.7 Å². The van der Waals surface area contributed by atoms with Crippen LogP contribution in [0.15, 0.2) is 11.6 Å². The first-order chi connectivity index (χ1) is 15.9. The Hall–Kier alpha value is -0.830. The zero-order chi connectivity index (χ0) is 26.4. The largest absolute Gasteiger partial charge is 0.390 e. The van der Waals surface area contributed by atoms with Crippen LogP contribution < -0.4 is 0 Å². The number of aliphatic hydroxyl groups excluding tert-OH is 3. The number of carbonyl (C=O) groups is 1. The fourth-order valence-corrected chi connectivity index (χ4v) is 8.37. The Morgan fingerprint density at radius 3 is 2.29 bits per heavy atom. The third-order valence-corrected chi connectivity index (χ3v) is 11.3. The van der Waals surface area contributed by atoms with Gasteiger partial charge < -0.3 is 30.6 Å². The first-order valence-corrected chi connectivity index (χ1v) is 13.4. The number of allylic oxidation sites excluding steroid dienone is 1. The van der Waals surface area contributed by atoms with E-state index in [-0.39, 0.29) is 36.4 Å². The Labute approximate surface area is 209 Å². The van der Waals surface area contributed by atoms with Crippen molar-refractivity contribution in [3.8, 4) is 0 Å². The SMILES string of the molecule is CC(C)[C@](C)(O)C[C@@H](O)[C@](C)(O)[C@@H]1CC[C@@]2(O)C3=CC(=O)[C@@H]4C[C@@H](O)[C@@H](O)C[C@]4(C)[C@H]3CC[C@]12C. The maximum Gasteiger partial charge on any atom is 0.159 e. The topological polar surface area (TPSA) is 138 Å². The van der Waals surface area contributed by atoms with Gasteiger partial charge in [0.15, 0.2) is 5.78 Å². The van der Waals surface area contributed by atoms with Crippen molar-refractivity contribution in [1.29, 1.82) is 0 Å². The molecule has 11 atom stereocenters. The van der Waals surface area contributed by atoms with Gasteiger partial charge >= 0.3 is 0 Å². The molecule has 0 aromatic rings. The molecule has 200 valence electrons. The molecule has 6 N–H and O–H groups in total. The molecule has 0 aromatic carbocycles. The predicted molar refractivity (Wildman–Crippen MR) is 131 cm³/mol. The third-order valence-electron chi connectivity index (χ3n) is 11.3. The van der Waals surface area contributed by atoms with E-state index in [9.17, 15) is 35.4 Å². The van der Waals surface area contributed by atoms with Gasteiger partial charge in [0.1, 0.15) is 0 Å². The van der Waals surface area contributed by atoms with Gasteiger partial charge in [-0.2, -0.15) is 0 Å². The van der Waals surface area contributed by atoms with E-state index in [2.05, 4.69) is 0 Å². The van der Waals surface area contributed by atoms with Gasteiger partial charge in [0.2, 0.25) is 0 Å². The molecule has 35 heavy (non-hydrogen) atoms. The van der Waals surface area contributed by atoms with Gasteiger partial charge in [-0.25, -0.2) is 0 Å². The van der Waals surface area contributed by atoms with Crippen molar-refractivity contribution in [1.82, 2.24) is 0 Å². The van der Waals surface area contributed by atoms with Crippen LogP contribution in [0.25, 0.3) is 0 Å². The van der Waals surface area contributed by atoms with Crippen LogP contribution in [-0.4, -0.2) is 71.5 Å². The number of aliphatic hydroxyl groups is 6. The average molecular weight is 495 g/mol. The zero-order valence-corrected chi connectivity index (χ0v) is 22.2. The van der Waals surface area contributed by atoms with Crippen LogP contribution in [0.1, 0.15) is 86.5 Å². The maximum absolute atomic E-state index is 13.3. The minimum absolute atomic E-state index is 0.0203. The first kappa shape index (κ1) is 27.2. The number of rotatable bonds is 5. The Morgan fingerprint density at radius 2 is 1.69 bits per heavy atom. The highest BCUT2D eigenvalue weighted by atomic mass is 16.3. The molecular formula is C28H46O7. The van der Waals surface area contributed by atoms with E-state index in [1.165, 1.54) is 0 Å². The lowest BCUT2D eigenvalue weighted by molar-refractivity contribution is -0.184. The fraction of sp³-hybridized carbons (Fsp3) is 0.893. The summed E-state index contributed by atoms with van der Waals surface area (Å²) in [5.41, 5.74) is -4.62. The summed E-state index contributed by atoms with van der Waals surface area (Å²) in [5, 5.41) is 66.6. The van der Waals surface area contributed by atoms with Crippen molar-refractivity contribution in [2.75, 3.05) is 0 Å². The lowest BCUT2D eigenvalue weighted by Crippen LogP contribution is -2.63. The number of hydrogen-bond donors (Lipinski definition) is 6. The zero-order valence-electron chi connectivity index (χ0n) is 22.2. The van der Waals surface area contributed by atoms with E-state index >= 15 is 0 Å². The predicted octanol–water partition coefficient (Wildman–Crippen LogP) is 2.10. The van der Waals surface area contributed by atoms with E-state index in [0.717, 1.165) is 0 Å². The molecule has 0 heterocycles. The molecule has 0 saturated heterocycles. The van der Waals surface area contributed by atoms with Crippen LogP contribution in [0.2, 0.25) is 0 Å². The van der Waals surface area contributed by atoms with E-state index in [1.54, 1.807) is 19.9 Å². The highest BCUT2D eigenvalue weighted by Gasteiger charge is 2.69. The van der Waals surface area contributed by atoms with Crippen molar-refractivity contribution < 1.29 is 35.4 Å². The summed E-state index contributed by atoms with van der Waals surface area (Å²) in [7, 11) is 0. The number of carbonyl (C=O) groups excluding carboxylic acids is 1. The Kier molecular flexibility index (Phi) is 6.48. The Morgan fingerprint density at radius 1 is 1.06 bits per heavy atom. The molecule has 0 bridgehead atoms. The van der Waals surface area contributed by atoms with E-state index < -0.39 is 51.9 Å². The van der Waals surface area contributed by atoms with Crippen LogP contribution in [0.5, 0.6) is 0 Å². The Bertz CT molecular complexity index is 894. The number of ketones is 1. The monoisotopic (exact) mass is 494 g/mol. The molecule has 4 rings (SSSR count). The van der Waals surface area contributed by atoms with Gasteiger partial charge in [0.05, 0.1) is 35.1 Å². The van der Waals surface area contributed by atoms with Crippen molar-refractivity contribution in [3.05, 3.63) is 11.6 Å². The molecule has 0 aromatic heterocycles. The van der Waals surface area contributed by atoms with Gasteiger partial charge in [0, 0.05) is 17.8 Å². The maximum atomic E-state index is 13.3. The summed E-state index contributed by atoms with van der Waals surface area (Å²) in [6.45, 7) is 11.0. The molecule has 7 nitrogen and oxygen atoms in total. The van der Waals surface area contributed by atoms with Gasteiger partial charge in [0.25, 0.3) is 0 Å². The highest BCUT2D eigenvalue weighted by molar-refractivity contribution is 5.95. The van der Waals surface area contributed by atoms with Crippen LogP contribution in [-0.2, 0) is 4.79 Å². The van der Waals surface area contributed by atoms with E-state index in [1.807, 2.05) is 27.7 Å². The first-order valence-electron chi connectivity index (χ1n) is 13.4. The summed E-state index contributed by atoms with van der Waals surface area (Å²) in [4.78, 5) is 13.3. The molecule has 0 unspecified atom stereocenters. The highest BCUT2D eigenvalue weighted by Crippen LogP contribution is 2.68. The van der Waals surface area contributed by atoms with Crippen LogP contribution in [0, 0.1) is 34.5 Å². The van der Waals surface area contributed by atoms with E-state index in [4.69, 9.17) is 0 Å². The molecule has 0 spiro atoms. The summed E-state index contributed by atoms with van der Waals surface area (Å²) in [6.07, 6.45) is 1.32. The second-order valence-electron chi connectivity index (χ2n) is 13.6. The van der Waals surface area contributed by atoms with Crippen molar-refractivity contribution in [2.45, 2.75) is 122 Å². The molecule has 0 aliphatic heterocycles. The second-order valence-corrected chi connectivity index (χ2v) is 13.6. The molecule has 4 aliphatic carbocycles. The smallest absolute Gasteiger partial charge is 0.159 e. The minimum Gasteiger partial charge on any atom is -0.390 e. The van der Waals surface area contributed by atoms with Crippen molar-refractivity contribution in [3.63, 3.8) is 0 Å². The summed E-state index contributed by atoms with van der Waals surface area (Å²) < 4.78 is 0. The molecule has 3 saturated carbocycles.